The number of hydrogen-bond donors (Lipinski definition) is 9. The van der Waals surface area contributed by atoms with Crippen LogP contribution in [-0.2, 0) is 38.2 Å². The highest BCUT2D eigenvalue weighted by atomic mass is 32.2. The van der Waals surface area contributed by atoms with Crippen LogP contribution in [0.25, 0.3) is 10.4 Å². The number of guanidine groups is 1. The molecule has 23 heteroatoms. The van der Waals surface area contributed by atoms with Gasteiger partial charge in [-0.15, -0.1) is 0 Å². The number of nitrogens with two attached hydrogens (primary N) is 2. The maximum absolute atomic E-state index is 12.6. The molecular weight excluding hydrogens is 791 g/mol. The first-order valence-corrected chi connectivity index (χ1v) is 21.5. The monoisotopic (exact) mass is 855 g/mol. The van der Waals surface area contributed by atoms with Gasteiger partial charge in [-0.05, 0) is 56.9 Å². The van der Waals surface area contributed by atoms with Gasteiger partial charge in [0.05, 0.1) is 45.1 Å². The number of carbonyl (C=O) groups is 6. The van der Waals surface area contributed by atoms with Crippen molar-refractivity contribution in [2.75, 3.05) is 84.7 Å². The molecule has 0 saturated carbocycles. The Balaban J connectivity index is 1.32. The van der Waals surface area contributed by atoms with E-state index in [1.807, 2.05) is 11.8 Å². The van der Waals surface area contributed by atoms with E-state index in [0.717, 1.165) is 37.9 Å². The van der Waals surface area contributed by atoms with Crippen molar-refractivity contribution in [3.63, 3.8) is 0 Å². The topological polar surface area (TPSA) is 327 Å². The lowest BCUT2D eigenvalue weighted by atomic mass is 10.0. The van der Waals surface area contributed by atoms with E-state index in [-0.39, 0.29) is 55.4 Å². The molecule has 2 saturated heterocycles. The third kappa shape index (κ3) is 25.5. The Kier molecular flexibility index (Phi) is 27.7. The molecule has 2 fully saturated rings. The first-order chi connectivity index (χ1) is 28.6. The molecule has 0 aromatic carbocycles. The van der Waals surface area contributed by atoms with Crippen molar-refractivity contribution < 1.29 is 43.0 Å². The Morgan fingerprint density at radius 1 is 0.763 bits per heavy atom. The number of amides is 7. The summed E-state index contributed by atoms with van der Waals surface area (Å²) in [6.45, 7) is 3.76. The highest BCUT2D eigenvalue weighted by Crippen LogP contribution is 2.33. The van der Waals surface area contributed by atoms with E-state index in [1.54, 1.807) is 0 Å². The standard InChI is InChI=1S/C36H65N13O9S/c37-35(38)43-14-6-9-26(46-32(53)24-45-49-39)34(54)44-23-31(52)42-13-5-1-2-11-29(50)40-15-7-17-56-19-21-58-22-20-57-18-8-16-41-30(51)12-4-3-10-28-33-27(25-59-28)47-36(55)48-33/h26-28,33H,1-25H2,(H,40,50)(H,41,51)(H,42,52)(H,44,54)(H,46,53)(H4,37,38,43)(H2,47,48,55). The SMILES string of the molecule is [N-]=[N+]=NCC(=O)NC(CCCN=C(N)N)C(=O)NCC(=O)NCCCCCC(=O)NCCCOCCOCCOCCCNC(=O)CCCCC1SCC2NC(=O)NC21. The Morgan fingerprint density at radius 3 is 2.02 bits per heavy atom. The molecule has 334 valence electrons. The number of urea groups is 1. The molecular formula is C36H65N13O9S. The highest BCUT2D eigenvalue weighted by molar-refractivity contribution is 8.00. The van der Waals surface area contributed by atoms with Crippen molar-refractivity contribution in [3.8, 4) is 0 Å². The predicted octanol–water partition coefficient (Wildman–Crippen LogP) is -0.584. The minimum Gasteiger partial charge on any atom is -0.379 e. The Morgan fingerprint density at radius 2 is 1.37 bits per heavy atom. The van der Waals surface area contributed by atoms with Crippen LogP contribution in [0.1, 0.15) is 77.0 Å². The number of nitrogens with one attached hydrogen (secondary N) is 7. The van der Waals surface area contributed by atoms with E-state index in [1.165, 1.54) is 0 Å². The molecule has 0 spiro atoms. The summed E-state index contributed by atoms with van der Waals surface area (Å²) in [7, 11) is 0. The summed E-state index contributed by atoms with van der Waals surface area (Å²) >= 11 is 1.89. The molecule has 59 heavy (non-hydrogen) atoms. The highest BCUT2D eigenvalue weighted by Gasteiger charge is 2.42. The summed E-state index contributed by atoms with van der Waals surface area (Å²) in [4.78, 5) is 78.7. The van der Waals surface area contributed by atoms with Crippen molar-refractivity contribution >= 4 is 53.3 Å². The second-order valence-electron chi connectivity index (χ2n) is 13.9. The van der Waals surface area contributed by atoms with Gasteiger partial charge >= 0.3 is 6.03 Å². The average Bonchev–Trinajstić information content (AvgIpc) is 3.77. The van der Waals surface area contributed by atoms with Gasteiger partial charge < -0.3 is 62.9 Å². The normalized spacial score (nSPS) is 17.0. The van der Waals surface area contributed by atoms with Crippen LogP contribution in [0.3, 0.4) is 0 Å². The molecule has 0 radical (unpaired) electrons. The van der Waals surface area contributed by atoms with Crippen LogP contribution < -0.4 is 48.7 Å². The summed E-state index contributed by atoms with van der Waals surface area (Å²) in [5.41, 5.74) is 19.0. The van der Waals surface area contributed by atoms with Gasteiger partial charge in [0.15, 0.2) is 5.96 Å². The summed E-state index contributed by atoms with van der Waals surface area (Å²) in [5.74, 6) is -0.766. The number of thioether (sulfide) groups is 1. The summed E-state index contributed by atoms with van der Waals surface area (Å²) < 4.78 is 16.6. The molecule has 2 rings (SSSR count). The number of carbonyl (C=O) groups excluding carboxylic acids is 6. The number of unbranched alkanes of at least 4 members (excludes halogenated alkanes) is 3. The lowest BCUT2D eigenvalue weighted by molar-refractivity contribution is -0.130. The largest absolute Gasteiger partial charge is 0.379 e. The third-order valence-electron chi connectivity index (χ3n) is 9.10. The van der Waals surface area contributed by atoms with Crippen LogP contribution in [0.4, 0.5) is 4.79 Å². The fraction of sp³-hybridized carbons (Fsp3) is 0.806. The van der Waals surface area contributed by atoms with E-state index >= 15 is 0 Å². The first kappa shape index (κ1) is 50.6. The molecule has 22 nitrogen and oxygen atoms in total. The van der Waals surface area contributed by atoms with E-state index in [4.69, 9.17) is 31.2 Å². The quantitative estimate of drug-likeness (QED) is 0.00736. The van der Waals surface area contributed by atoms with E-state index in [9.17, 15) is 28.8 Å². The molecule has 2 aliphatic rings. The zero-order chi connectivity index (χ0) is 42.9. The molecule has 11 N–H and O–H groups in total. The van der Waals surface area contributed by atoms with Crippen molar-refractivity contribution in [3.05, 3.63) is 10.4 Å². The van der Waals surface area contributed by atoms with Crippen molar-refractivity contribution in [1.82, 2.24) is 37.2 Å². The van der Waals surface area contributed by atoms with Gasteiger partial charge in [-0.3, -0.25) is 29.0 Å². The molecule has 0 aliphatic carbocycles. The minimum absolute atomic E-state index is 0.0509. The smallest absolute Gasteiger partial charge is 0.315 e. The lowest BCUT2D eigenvalue weighted by Gasteiger charge is -2.17. The van der Waals surface area contributed by atoms with E-state index < -0.39 is 30.3 Å². The number of hydrogen-bond acceptors (Lipinski definition) is 12. The maximum atomic E-state index is 12.6. The van der Waals surface area contributed by atoms with Crippen molar-refractivity contribution in [1.29, 1.82) is 0 Å². The Bertz CT molecular complexity index is 1370. The summed E-state index contributed by atoms with van der Waals surface area (Å²) in [6.07, 6.45) is 7.70. The second-order valence-corrected chi connectivity index (χ2v) is 15.2. The third-order valence-corrected chi connectivity index (χ3v) is 10.6. The predicted molar refractivity (Wildman–Crippen MR) is 222 cm³/mol. The van der Waals surface area contributed by atoms with Crippen LogP contribution in [0.5, 0.6) is 0 Å². The van der Waals surface area contributed by atoms with Gasteiger partial charge in [0, 0.05) is 68.1 Å². The Labute approximate surface area is 349 Å². The minimum atomic E-state index is -0.972. The van der Waals surface area contributed by atoms with Crippen LogP contribution in [0, 0.1) is 0 Å². The lowest BCUT2D eigenvalue weighted by Crippen LogP contribution is -2.49. The molecule has 4 unspecified atom stereocenters. The van der Waals surface area contributed by atoms with Gasteiger partial charge in [-0.1, -0.05) is 18.0 Å². The maximum Gasteiger partial charge on any atom is 0.315 e. The average molecular weight is 856 g/mol. The molecule has 0 aromatic heterocycles. The molecule has 0 aromatic rings. The number of fused-ring (bicyclic) bond motifs is 1. The van der Waals surface area contributed by atoms with Crippen LogP contribution in [-0.4, -0.2) is 150 Å². The van der Waals surface area contributed by atoms with Gasteiger partial charge in [0.2, 0.25) is 29.5 Å². The fourth-order valence-electron chi connectivity index (χ4n) is 6.07. The van der Waals surface area contributed by atoms with Gasteiger partial charge in [-0.2, -0.15) is 11.8 Å². The number of ether oxygens (including phenoxy) is 3. The van der Waals surface area contributed by atoms with Crippen molar-refractivity contribution in [2.24, 2.45) is 21.6 Å². The van der Waals surface area contributed by atoms with Crippen molar-refractivity contribution in [2.45, 2.75) is 100 Å². The number of nitrogens with zero attached hydrogens (tertiary/aromatic N) is 4. The number of azide groups is 1. The van der Waals surface area contributed by atoms with E-state index in [2.05, 4.69) is 52.2 Å². The molecule has 2 aliphatic heterocycles. The number of aliphatic imine (C=N–C) groups is 1. The zero-order valence-electron chi connectivity index (χ0n) is 34.0. The second kappa shape index (κ2) is 32.3. The van der Waals surface area contributed by atoms with Crippen LogP contribution in [0.15, 0.2) is 10.1 Å². The van der Waals surface area contributed by atoms with Gasteiger partial charge in [0.1, 0.15) is 12.6 Å². The number of rotatable bonds is 35. The van der Waals surface area contributed by atoms with E-state index in [0.29, 0.717) is 103 Å². The first-order valence-electron chi connectivity index (χ1n) is 20.4. The van der Waals surface area contributed by atoms with Gasteiger partial charge in [-0.25, -0.2) is 4.79 Å². The Hall–Kier alpha value is -4.57. The van der Waals surface area contributed by atoms with Crippen LogP contribution >= 0.6 is 11.8 Å². The van der Waals surface area contributed by atoms with Gasteiger partial charge in [0.25, 0.3) is 0 Å². The molecule has 7 amide bonds. The zero-order valence-corrected chi connectivity index (χ0v) is 34.8. The fourth-order valence-corrected chi connectivity index (χ4v) is 7.62. The molecule has 4 atom stereocenters. The molecule has 2 heterocycles. The summed E-state index contributed by atoms with van der Waals surface area (Å²) in [6, 6.07) is -0.603. The van der Waals surface area contributed by atoms with Crippen LogP contribution in [0.2, 0.25) is 0 Å². The summed E-state index contributed by atoms with van der Waals surface area (Å²) in [5, 5.41) is 23.0. The molecule has 0 bridgehead atoms.